The molecule has 44 heavy (non-hydrogen) atoms. The molecule has 2 atom stereocenters. The summed E-state index contributed by atoms with van der Waals surface area (Å²) in [4.78, 5) is 15.2. The van der Waals surface area contributed by atoms with Crippen molar-refractivity contribution in [3.63, 3.8) is 0 Å². The summed E-state index contributed by atoms with van der Waals surface area (Å²) >= 11 is 0. The molecule has 1 aromatic heterocycles. The highest BCUT2D eigenvalue weighted by Crippen LogP contribution is 2.55. The maximum absolute atomic E-state index is 12.7. The molecule has 0 saturated carbocycles. The van der Waals surface area contributed by atoms with Gasteiger partial charge in [-0.15, -0.1) is 12.3 Å². The van der Waals surface area contributed by atoms with Crippen molar-refractivity contribution in [2.45, 2.75) is 24.3 Å². The quantitative estimate of drug-likeness (QED) is 0.223. The summed E-state index contributed by atoms with van der Waals surface area (Å²) < 4.78 is 28.2. The molecule has 2 aliphatic rings. The van der Waals surface area contributed by atoms with Gasteiger partial charge in [-0.25, -0.2) is 4.79 Å². The molecular formula is C37H35NO6. The third kappa shape index (κ3) is 4.72. The average molecular weight is 590 g/mol. The van der Waals surface area contributed by atoms with Crippen molar-refractivity contribution < 1.29 is 23.4 Å². The van der Waals surface area contributed by atoms with Gasteiger partial charge in [-0.2, -0.15) is 0 Å². The molecule has 0 bridgehead atoms. The normalized spacial score (nSPS) is 18.9. The van der Waals surface area contributed by atoms with E-state index in [4.69, 9.17) is 29.8 Å². The Morgan fingerprint density at radius 2 is 1.70 bits per heavy atom. The van der Waals surface area contributed by atoms with E-state index in [-0.39, 0.29) is 11.8 Å². The van der Waals surface area contributed by atoms with Gasteiger partial charge in [0.2, 0.25) is 5.75 Å². The lowest BCUT2D eigenvalue weighted by molar-refractivity contribution is 0.178. The predicted octanol–water partition coefficient (Wildman–Crippen LogP) is 5.97. The van der Waals surface area contributed by atoms with Gasteiger partial charge in [0, 0.05) is 36.7 Å². The molecule has 0 saturated heterocycles. The molecule has 0 amide bonds. The van der Waals surface area contributed by atoms with Crippen molar-refractivity contribution in [3.8, 4) is 46.5 Å². The van der Waals surface area contributed by atoms with Crippen LogP contribution in [0.15, 0.2) is 88.3 Å². The first kappa shape index (κ1) is 29.2. The van der Waals surface area contributed by atoms with Gasteiger partial charge in [-0.05, 0) is 76.7 Å². The first-order chi connectivity index (χ1) is 21.5. The van der Waals surface area contributed by atoms with E-state index in [1.807, 2.05) is 36.4 Å². The van der Waals surface area contributed by atoms with Crippen LogP contribution in [0.4, 0.5) is 0 Å². The minimum atomic E-state index is -0.598. The van der Waals surface area contributed by atoms with E-state index in [1.165, 1.54) is 18.9 Å². The second-order valence-corrected chi connectivity index (χ2v) is 11.0. The molecule has 6 rings (SSSR count). The van der Waals surface area contributed by atoms with Crippen LogP contribution in [-0.4, -0.2) is 52.5 Å². The summed E-state index contributed by atoms with van der Waals surface area (Å²) in [6.45, 7) is 1.34. The van der Waals surface area contributed by atoms with Crippen molar-refractivity contribution >= 4 is 5.57 Å². The number of fused-ring (bicyclic) bond motifs is 3. The minimum absolute atomic E-state index is 0.0744. The Bertz CT molecular complexity index is 1830. The van der Waals surface area contributed by atoms with Gasteiger partial charge < -0.3 is 23.4 Å². The molecule has 0 spiro atoms. The standard InChI is InChI=1S/C37H35NO6/c1-6-7-17-38-23-25(31-21-28(41-3)14-15-29(31)30-16-18-44-36(39)35(30)43-5)22-37(26-11-9-12-27(20-26)40-2)33(38)19-24-10-8-13-32(42-4)34(24)37/h1,8-16,18,20-22,33H,7,17,19,23H2,2-5H3/t33-,37+/m0/s1. The Morgan fingerprint density at radius 3 is 2.45 bits per heavy atom. The SMILES string of the molecule is C#CCCN1CC(c2cc(OC)ccc2-c2ccoc(=O)c2OC)=C[C@]2(c3cccc(OC)c3)c3c(cccc3OC)C[C@H]12. The van der Waals surface area contributed by atoms with E-state index in [2.05, 4.69) is 41.2 Å². The summed E-state index contributed by atoms with van der Waals surface area (Å²) in [6.07, 6.45) is 11.0. The smallest absolute Gasteiger partial charge is 0.379 e. The Balaban J connectivity index is 1.70. The first-order valence-corrected chi connectivity index (χ1v) is 14.5. The van der Waals surface area contributed by atoms with Crippen LogP contribution in [0.25, 0.3) is 16.7 Å². The third-order valence-electron chi connectivity index (χ3n) is 8.90. The fraction of sp³-hybridized carbons (Fsp3) is 0.270. The van der Waals surface area contributed by atoms with Crippen LogP contribution in [0, 0.1) is 12.3 Å². The summed E-state index contributed by atoms with van der Waals surface area (Å²) in [5.74, 6) is 5.30. The number of nitrogens with zero attached hydrogens (tertiary/aromatic N) is 1. The van der Waals surface area contributed by atoms with Crippen molar-refractivity contribution in [2.75, 3.05) is 41.5 Å². The zero-order valence-electron chi connectivity index (χ0n) is 25.4. The van der Waals surface area contributed by atoms with Gasteiger partial charge >= 0.3 is 5.63 Å². The number of methoxy groups -OCH3 is 4. The molecule has 7 nitrogen and oxygen atoms in total. The third-order valence-corrected chi connectivity index (χ3v) is 8.90. The van der Waals surface area contributed by atoms with Crippen molar-refractivity contribution in [1.29, 1.82) is 0 Å². The fourth-order valence-corrected chi connectivity index (χ4v) is 7.02. The molecule has 0 unspecified atom stereocenters. The van der Waals surface area contributed by atoms with Crippen molar-refractivity contribution in [2.24, 2.45) is 0 Å². The van der Waals surface area contributed by atoms with Crippen LogP contribution in [0.1, 0.15) is 28.7 Å². The van der Waals surface area contributed by atoms with Gasteiger partial charge in [-0.3, -0.25) is 4.90 Å². The Labute approximate surface area is 257 Å². The molecule has 7 heteroatoms. The minimum Gasteiger partial charge on any atom is -0.497 e. The number of hydrogen-bond donors (Lipinski definition) is 0. The summed E-state index contributed by atoms with van der Waals surface area (Å²) in [5, 5.41) is 0. The second kappa shape index (κ2) is 12.0. The molecule has 1 aliphatic heterocycles. The zero-order chi connectivity index (χ0) is 30.8. The molecule has 3 aromatic carbocycles. The molecular weight excluding hydrogens is 554 g/mol. The lowest BCUT2D eigenvalue weighted by atomic mass is 9.68. The Kier molecular flexibility index (Phi) is 7.94. The van der Waals surface area contributed by atoms with Gasteiger partial charge in [-0.1, -0.05) is 30.3 Å². The highest BCUT2D eigenvalue weighted by Gasteiger charge is 2.53. The van der Waals surface area contributed by atoms with Gasteiger partial charge in [0.1, 0.15) is 17.2 Å². The van der Waals surface area contributed by atoms with Crippen LogP contribution in [0.2, 0.25) is 0 Å². The summed E-state index contributed by atoms with van der Waals surface area (Å²) in [6, 6.07) is 22.3. The average Bonchev–Trinajstić information content (AvgIpc) is 3.42. The van der Waals surface area contributed by atoms with Gasteiger partial charge in [0.15, 0.2) is 0 Å². The molecule has 0 radical (unpaired) electrons. The molecule has 0 fully saturated rings. The highest BCUT2D eigenvalue weighted by molar-refractivity contribution is 5.87. The van der Waals surface area contributed by atoms with Crippen LogP contribution in [0.3, 0.4) is 0 Å². The fourth-order valence-electron chi connectivity index (χ4n) is 7.02. The summed E-state index contributed by atoms with van der Waals surface area (Å²) in [7, 11) is 6.53. The number of terminal acetylenes is 1. The lowest BCUT2D eigenvalue weighted by Gasteiger charge is -2.46. The highest BCUT2D eigenvalue weighted by atomic mass is 16.5. The monoisotopic (exact) mass is 589 g/mol. The predicted molar refractivity (Wildman–Crippen MR) is 171 cm³/mol. The Morgan fingerprint density at radius 1 is 0.909 bits per heavy atom. The maximum Gasteiger partial charge on any atom is 0.379 e. The number of hydrogen-bond acceptors (Lipinski definition) is 7. The Hall–Kier alpha value is -4.93. The summed E-state index contributed by atoms with van der Waals surface area (Å²) in [5.41, 5.74) is 5.76. The topological polar surface area (TPSA) is 70.4 Å². The van der Waals surface area contributed by atoms with E-state index in [1.54, 1.807) is 27.4 Å². The molecule has 224 valence electrons. The van der Waals surface area contributed by atoms with Crippen molar-refractivity contribution in [3.05, 3.63) is 112 Å². The van der Waals surface area contributed by atoms with Crippen LogP contribution < -0.4 is 24.6 Å². The number of rotatable bonds is 9. The van der Waals surface area contributed by atoms with Crippen LogP contribution in [-0.2, 0) is 11.8 Å². The molecule has 2 heterocycles. The van der Waals surface area contributed by atoms with E-state index in [9.17, 15) is 4.79 Å². The lowest BCUT2D eigenvalue weighted by Crippen LogP contribution is -2.52. The second-order valence-electron chi connectivity index (χ2n) is 11.0. The van der Waals surface area contributed by atoms with Crippen LogP contribution in [0.5, 0.6) is 23.0 Å². The van der Waals surface area contributed by atoms with Gasteiger partial charge in [0.25, 0.3) is 0 Å². The first-order valence-electron chi connectivity index (χ1n) is 14.5. The molecule has 0 N–H and O–H groups in total. The van der Waals surface area contributed by atoms with E-state index in [0.717, 1.165) is 45.7 Å². The molecule has 4 aromatic rings. The zero-order valence-corrected chi connectivity index (χ0v) is 25.4. The van der Waals surface area contributed by atoms with E-state index >= 15 is 0 Å². The molecule has 1 aliphatic carbocycles. The van der Waals surface area contributed by atoms with E-state index < -0.39 is 11.0 Å². The van der Waals surface area contributed by atoms with Gasteiger partial charge in [0.05, 0.1) is 40.1 Å². The number of ether oxygens (including phenoxy) is 4. The van der Waals surface area contributed by atoms with E-state index in [0.29, 0.717) is 30.8 Å². The number of benzene rings is 3. The largest absolute Gasteiger partial charge is 0.497 e. The maximum atomic E-state index is 12.7. The van der Waals surface area contributed by atoms with Crippen LogP contribution >= 0.6 is 0 Å². The van der Waals surface area contributed by atoms with Crippen molar-refractivity contribution in [1.82, 2.24) is 4.90 Å².